The standard InChI is InChI=1S/C10H17NO.U.H2/c1-10(2,11-8-12)9-6-4-3-5-7-9;;/h4,6-7,11-12H,3,5,8H2,1-2H3;;1H. The molecule has 0 bridgehead atoms. The second-order valence-electron chi connectivity index (χ2n) is 3.60. The molecule has 0 saturated heterocycles. The second-order valence-corrected chi connectivity index (χ2v) is 3.60. The third-order valence-electron chi connectivity index (χ3n) is 2.24. The summed E-state index contributed by atoms with van der Waals surface area (Å²) in [4.78, 5) is 0. The van der Waals surface area contributed by atoms with Crippen molar-refractivity contribution in [3.05, 3.63) is 23.8 Å². The van der Waals surface area contributed by atoms with Crippen molar-refractivity contribution < 1.29 is 37.6 Å². The molecule has 0 unspecified atom stereocenters. The normalized spacial score (nSPS) is 16.4. The number of aliphatic hydroxyl groups is 1. The van der Waals surface area contributed by atoms with Gasteiger partial charge in [-0.05, 0) is 32.3 Å². The molecule has 0 saturated carbocycles. The number of nitrogens with one attached hydrogen (secondary N) is 1. The molecule has 1 aliphatic rings. The minimum Gasteiger partial charge on any atom is -0.381 e. The summed E-state index contributed by atoms with van der Waals surface area (Å²) in [7, 11) is 0. The van der Waals surface area contributed by atoms with Gasteiger partial charge in [0.25, 0.3) is 0 Å². The van der Waals surface area contributed by atoms with E-state index in [0.29, 0.717) is 0 Å². The fraction of sp³-hybridized carbons (Fsp3) is 0.600. The molecule has 3 heteroatoms. The van der Waals surface area contributed by atoms with Crippen LogP contribution < -0.4 is 5.32 Å². The predicted octanol–water partition coefficient (Wildman–Crippen LogP) is 1.83. The van der Waals surface area contributed by atoms with Gasteiger partial charge in [-0.3, -0.25) is 5.32 Å². The molecule has 0 atom stereocenters. The van der Waals surface area contributed by atoms with Crippen molar-refractivity contribution >= 4 is 0 Å². The molecule has 0 spiro atoms. The Hall–Kier alpha value is 0.452. The maximum atomic E-state index is 8.77. The summed E-state index contributed by atoms with van der Waals surface area (Å²) >= 11 is 0. The van der Waals surface area contributed by atoms with Crippen LogP contribution in [0.15, 0.2) is 23.8 Å². The Bertz CT molecular complexity index is 214. The fourth-order valence-corrected chi connectivity index (χ4v) is 1.38. The van der Waals surface area contributed by atoms with Crippen molar-refractivity contribution in [3.63, 3.8) is 0 Å². The first-order chi connectivity index (χ1) is 5.67. The first kappa shape index (κ1) is 13.5. The van der Waals surface area contributed by atoms with E-state index in [2.05, 4.69) is 37.4 Å². The van der Waals surface area contributed by atoms with Crippen molar-refractivity contribution in [2.45, 2.75) is 32.2 Å². The van der Waals surface area contributed by atoms with Crippen molar-refractivity contribution in [1.82, 2.24) is 5.32 Å². The molecule has 1 rings (SSSR count). The molecule has 0 amide bonds. The number of allylic oxidation sites excluding steroid dienone is 2. The SMILES string of the molecule is CC(C)(NCO)C1=CCCC=C1.[HH].[U]. The minimum absolute atomic E-state index is 0. The average Bonchev–Trinajstić information content (AvgIpc) is 2.06. The summed E-state index contributed by atoms with van der Waals surface area (Å²) in [5.74, 6) is 0. The Balaban J connectivity index is 0. The maximum absolute atomic E-state index is 8.77. The van der Waals surface area contributed by atoms with Gasteiger partial charge in [-0.1, -0.05) is 18.2 Å². The van der Waals surface area contributed by atoms with E-state index in [-0.39, 0.29) is 44.8 Å². The van der Waals surface area contributed by atoms with Gasteiger partial charge in [-0.25, -0.2) is 0 Å². The summed E-state index contributed by atoms with van der Waals surface area (Å²) in [6.07, 6.45) is 8.78. The van der Waals surface area contributed by atoms with Crippen molar-refractivity contribution in [1.29, 1.82) is 0 Å². The van der Waals surface area contributed by atoms with Crippen LogP contribution in [-0.4, -0.2) is 17.4 Å². The monoisotopic (exact) mass is 407 g/mol. The molecule has 0 heterocycles. The van der Waals surface area contributed by atoms with Crippen LogP contribution in [0.2, 0.25) is 0 Å². The van der Waals surface area contributed by atoms with E-state index in [1.807, 2.05) is 0 Å². The van der Waals surface area contributed by atoms with E-state index in [1.165, 1.54) is 5.57 Å². The van der Waals surface area contributed by atoms with Gasteiger partial charge < -0.3 is 5.11 Å². The van der Waals surface area contributed by atoms with Gasteiger partial charge in [0.2, 0.25) is 0 Å². The van der Waals surface area contributed by atoms with Gasteiger partial charge in [0.15, 0.2) is 0 Å². The number of rotatable bonds is 3. The van der Waals surface area contributed by atoms with Crippen molar-refractivity contribution in [2.24, 2.45) is 0 Å². The Morgan fingerprint density at radius 3 is 2.69 bits per heavy atom. The van der Waals surface area contributed by atoms with Crippen molar-refractivity contribution in [2.75, 3.05) is 6.73 Å². The third kappa shape index (κ3) is 4.00. The summed E-state index contributed by atoms with van der Waals surface area (Å²) in [6, 6.07) is 0. The van der Waals surface area contributed by atoms with E-state index >= 15 is 0 Å². The smallest absolute Gasteiger partial charge is 0.0938 e. The summed E-state index contributed by atoms with van der Waals surface area (Å²) in [5.41, 5.74) is 1.16. The van der Waals surface area contributed by atoms with E-state index in [1.54, 1.807) is 0 Å². The number of hydrogen-bond acceptors (Lipinski definition) is 2. The van der Waals surface area contributed by atoms with Crippen LogP contribution in [0, 0.1) is 31.1 Å². The zero-order valence-electron chi connectivity index (χ0n) is 8.30. The molecular formula is C10H19NOU. The van der Waals surface area contributed by atoms with E-state index in [9.17, 15) is 0 Å². The van der Waals surface area contributed by atoms with Crippen LogP contribution in [0.3, 0.4) is 0 Å². The zero-order chi connectivity index (χ0) is 9.03. The topological polar surface area (TPSA) is 32.3 Å². The summed E-state index contributed by atoms with van der Waals surface area (Å²) in [5, 5.41) is 11.8. The van der Waals surface area contributed by atoms with Crippen LogP contribution in [-0.2, 0) is 0 Å². The van der Waals surface area contributed by atoms with Gasteiger partial charge in [0, 0.05) is 38.1 Å². The number of hydrogen-bond donors (Lipinski definition) is 2. The van der Waals surface area contributed by atoms with Crippen molar-refractivity contribution in [3.8, 4) is 0 Å². The Morgan fingerprint density at radius 1 is 1.54 bits per heavy atom. The molecular weight excluding hydrogens is 388 g/mol. The molecule has 74 valence electrons. The van der Waals surface area contributed by atoms with Gasteiger partial charge in [-0.15, -0.1) is 0 Å². The second kappa shape index (κ2) is 6.03. The van der Waals surface area contributed by atoms with Crippen LogP contribution in [0.1, 0.15) is 28.1 Å². The quantitative estimate of drug-likeness (QED) is 0.700. The summed E-state index contributed by atoms with van der Waals surface area (Å²) < 4.78 is 0. The molecule has 0 aromatic carbocycles. The molecule has 2 N–H and O–H groups in total. The predicted molar refractivity (Wildman–Crippen MR) is 52.9 cm³/mol. The van der Waals surface area contributed by atoms with E-state index in [4.69, 9.17) is 5.11 Å². The zero-order valence-corrected chi connectivity index (χ0v) is 12.5. The molecule has 0 fully saturated rings. The third-order valence-corrected chi connectivity index (χ3v) is 2.24. The molecule has 0 radical (unpaired) electrons. The molecule has 0 aromatic rings. The molecule has 13 heavy (non-hydrogen) atoms. The van der Waals surface area contributed by atoms with E-state index in [0.717, 1.165) is 12.8 Å². The Morgan fingerprint density at radius 2 is 2.23 bits per heavy atom. The Labute approximate surface area is 105 Å². The molecule has 0 aliphatic heterocycles. The average molecular weight is 407 g/mol. The largest absolute Gasteiger partial charge is 0.381 e. The Kier molecular flexibility index (Phi) is 6.24. The molecule has 0 aromatic heterocycles. The first-order valence-electron chi connectivity index (χ1n) is 4.40. The van der Waals surface area contributed by atoms with Gasteiger partial charge in [-0.2, -0.15) is 0 Å². The van der Waals surface area contributed by atoms with Gasteiger partial charge in [0.1, 0.15) is 0 Å². The first-order valence-corrected chi connectivity index (χ1v) is 4.40. The molecule has 1 aliphatic carbocycles. The number of aliphatic hydroxyl groups excluding tert-OH is 1. The van der Waals surface area contributed by atoms with E-state index < -0.39 is 0 Å². The molecule has 2 nitrogen and oxygen atoms in total. The van der Waals surface area contributed by atoms with Crippen LogP contribution >= 0.6 is 0 Å². The van der Waals surface area contributed by atoms with Gasteiger partial charge in [0.05, 0.1) is 6.73 Å². The maximum Gasteiger partial charge on any atom is 0.0938 e. The van der Waals surface area contributed by atoms with Gasteiger partial charge >= 0.3 is 0 Å². The minimum atomic E-state index is -0.105. The van der Waals surface area contributed by atoms with Crippen LogP contribution in [0.5, 0.6) is 0 Å². The van der Waals surface area contributed by atoms with Crippen LogP contribution in [0.4, 0.5) is 0 Å². The van der Waals surface area contributed by atoms with Crippen LogP contribution in [0.25, 0.3) is 0 Å². The summed E-state index contributed by atoms with van der Waals surface area (Å²) in [6.45, 7) is 4.17. The fourth-order valence-electron chi connectivity index (χ4n) is 1.38.